The summed E-state index contributed by atoms with van der Waals surface area (Å²) < 4.78 is 11.2. The summed E-state index contributed by atoms with van der Waals surface area (Å²) in [6.45, 7) is 3.83. The van der Waals surface area contributed by atoms with Crippen LogP contribution in [0.4, 0.5) is 0 Å². The molecule has 0 spiro atoms. The van der Waals surface area contributed by atoms with Gasteiger partial charge in [0.15, 0.2) is 11.5 Å². The number of ether oxygens (including phenoxy) is 2. The van der Waals surface area contributed by atoms with Gasteiger partial charge in [-0.2, -0.15) is 0 Å². The molecular weight excluding hydrogens is 260 g/mol. The largest absolute Gasteiger partial charge is 0.486 e. The zero-order chi connectivity index (χ0) is 13.2. The van der Waals surface area contributed by atoms with Crippen LogP contribution in [-0.2, 0) is 13.0 Å². The first-order valence-electron chi connectivity index (χ1n) is 6.40. The molecule has 0 amide bonds. The van der Waals surface area contributed by atoms with Gasteiger partial charge in [-0.15, -0.1) is 11.3 Å². The molecular formula is C14H16N2O2S. The standard InChI is InChI=1S/C14H16N2O2S/c1-2-12-14(16-13(8-15)19-12)9-3-4-10-11(7-9)18-6-5-17-10/h3-4,7H,2,5-6,8,15H2,1H3. The van der Waals surface area contributed by atoms with Crippen LogP contribution < -0.4 is 15.2 Å². The summed E-state index contributed by atoms with van der Waals surface area (Å²) >= 11 is 1.68. The van der Waals surface area contributed by atoms with Gasteiger partial charge in [0.1, 0.15) is 18.2 Å². The van der Waals surface area contributed by atoms with Crippen molar-refractivity contribution in [1.82, 2.24) is 4.98 Å². The zero-order valence-corrected chi connectivity index (χ0v) is 11.6. The lowest BCUT2D eigenvalue weighted by Gasteiger charge is -2.18. The molecule has 0 bridgehead atoms. The Morgan fingerprint density at radius 3 is 2.79 bits per heavy atom. The van der Waals surface area contributed by atoms with Crippen LogP contribution in [0, 0.1) is 0 Å². The third-order valence-corrected chi connectivity index (χ3v) is 4.27. The van der Waals surface area contributed by atoms with Crippen LogP contribution in [0.1, 0.15) is 16.8 Å². The van der Waals surface area contributed by atoms with Gasteiger partial charge in [0.2, 0.25) is 0 Å². The summed E-state index contributed by atoms with van der Waals surface area (Å²) in [6.07, 6.45) is 0.960. The minimum absolute atomic E-state index is 0.488. The van der Waals surface area contributed by atoms with E-state index in [2.05, 4.69) is 11.9 Å². The molecule has 2 heterocycles. The van der Waals surface area contributed by atoms with E-state index in [0.717, 1.165) is 34.2 Å². The number of nitrogens with two attached hydrogens (primary N) is 1. The minimum Gasteiger partial charge on any atom is -0.486 e. The molecule has 1 aliphatic rings. The van der Waals surface area contributed by atoms with Gasteiger partial charge in [0.05, 0.1) is 5.69 Å². The highest BCUT2D eigenvalue weighted by Gasteiger charge is 2.16. The number of hydrogen-bond acceptors (Lipinski definition) is 5. The molecule has 0 unspecified atom stereocenters. The van der Waals surface area contributed by atoms with Gasteiger partial charge in [-0.25, -0.2) is 4.98 Å². The molecule has 19 heavy (non-hydrogen) atoms. The summed E-state index contributed by atoms with van der Waals surface area (Å²) in [4.78, 5) is 5.88. The van der Waals surface area contributed by atoms with Crippen molar-refractivity contribution in [2.75, 3.05) is 13.2 Å². The van der Waals surface area contributed by atoms with E-state index < -0.39 is 0 Å². The summed E-state index contributed by atoms with van der Waals surface area (Å²) in [5.74, 6) is 1.61. The van der Waals surface area contributed by atoms with Crippen molar-refractivity contribution in [2.24, 2.45) is 5.73 Å². The highest BCUT2D eigenvalue weighted by molar-refractivity contribution is 7.12. The van der Waals surface area contributed by atoms with Crippen molar-refractivity contribution in [3.63, 3.8) is 0 Å². The molecule has 0 saturated carbocycles. The first-order chi connectivity index (χ1) is 9.31. The molecule has 100 valence electrons. The molecule has 0 fully saturated rings. The fourth-order valence-electron chi connectivity index (χ4n) is 2.14. The van der Waals surface area contributed by atoms with Crippen LogP contribution in [0.2, 0.25) is 0 Å². The third-order valence-electron chi connectivity index (χ3n) is 3.05. The zero-order valence-electron chi connectivity index (χ0n) is 10.8. The average molecular weight is 276 g/mol. The van der Waals surface area contributed by atoms with E-state index in [1.807, 2.05) is 18.2 Å². The second kappa shape index (κ2) is 5.19. The molecule has 5 heteroatoms. The molecule has 1 aromatic heterocycles. The molecule has 1 aromatic carbocycles. The number of thiazole rings is 1. The van der Waals surface area contributed by atoms with Crippen molar-refractivity contribution in [3.05, 3.63) is 28.1 Å². The Morgan fingerprint density at radius 2 is 2.05 bits per heavy atom. The van der Waals surface area contributed by atoms with Gasteiger partial charge in [0.25, 0.3) is 0 Å². The highest BCUT2D eigenvalue weighted by atomic mass is 32.1. The maximum Gasteiger partial charge on any atom is 0.162 e. The molecule has 0 aliphatic carbocycles. The summed E-state index contributed by atoms with van der Waals surface area (Å²) in [5, 5.41) is 0.974. The van der Waals surface area contributed by atoms with E-state index in [1.54, 1.807) is 11.3 Å². The Hall–Kier alpha value is -1.59. The Kier molecular flexibility index (Phi) is 3.40. The fourth-order valence-corrected chi connectivity index (χ4v) is 3.05. The van der Waals surface area contributed by atoms with Gasteiger partial charge in [-0.1, -0.05) is 6.92 Å². The molecule has 3 rings (SSSR count). The van der Waals surface area contributed by atoms with Gasteiger partial charge >= 0.3 is 0 Å². The van der Waals surface area contributed by atoms with E-state index in [1.165, 1.54) is 4.88 Å². The molecule has 2 aromatic rings. The molecule has 1 aliphatic heterocycles. The van der Waals surface area contributed by atoms with Crippen LogP contribution >= 0.6 is 11.3 Å². The third kappa shape index (κ3) is 2.31. The number of nitrogens with zero attached hydrogens (tertiary/aromatic N) is 1. The highest BCUT2D eigenvalue weighted by Crippen LogP contribution is 2.36. The lowest BCUT2D eigenvalue weighted by Crippen LogP contribution is -2.15. The number of fused-ring (bicyclic) bond motifs is 1. The van der Waals surface area contributed by atoms with Crippen LogP contribution in [-0.4, -0.2) is 18.2 Å². The van der Waals surface area contributed by atoms with E-state index in [4.69, 9.17) is 15.2 Å². The van der Waals surface area contributed by atoms with Crippen LogP contribution in [0.15, 0.2) is 18.2 Å². The summed E-state index contributed by atoms with van der Waals surface area (Å²) in [5.41, 5.74) is 7.76. The van der Waals surface area contributed by atoms with Crippen molar-refractivity contribution in [1.29, 1.82) is 0 Å². The number of aryl methyl sites for hydroxylation is 1. The Morgan fingerprint density at radius 1 is 1.26 bits per heavy atom. The summed E-state index contributed by atoms with van der Waals surface area (Å²) in [7, 11) is 0. The monoisotopic (exact) mass is 276 g/mol. The fraction of sp³-hybridized carbons (Fsp3) is 0.357. The van der Waals surface area contributed by atoms with Crippen molar-refractivity contribution in [2.45, 2.75) is 19.9 Å². The number of rotatable bonds is 3. The van der Waals surface area contributed by atoms with Gasteiger partial charge in [-0.3, -0.25) is 0 Å². The van der Waals surface area contributed by atoms with Crippen molar-refractivity contribution in [3.8, 4) is 22.8 Å². The first-order valence-corrected chi connectivity index (χ1v) is 7.22. The predicted molar refractivity (Wildman–Crippen MR) is 75.8 cm³/mol. The molecule has 4 nitrogen and oxygen atoms in total. The molecule has 0 radical (unpaired) electrons. The van der Waals surface area contributed by atoms with Crippen LogP contribution in [0.5, 0.6) is 11.5 Å². The van der Waals surface area contributed by atoms with Crippen LogP contribution in [0.25, 0.3) is 11.3 Å². The van der Waals surface area contributed by atoms with Gasteiger partial charge in [0, 0.05) is 17.0 Å². The average Bonchev–Trinajstić information content (AvgIpc) is 2.90. The Labute approximate surface area is 116 Å². The lowest BCUT2D eigenvalue weighted by atomic mass is 10.1. The quantitative estimate of drug-likeness (QED) is 0.936. The number of hydrogen-bond donors (Lipinski definition) is 1. The second-order valence-electron chi connectivity index (χ2n) is 4.30. The minimum atomic E-state index is 0.488. The normalized spacial score (nSPS) is 13.6. The Bertz CT molecular complexity index is 595. The Balaban J connectivity index is 2.04. The number of aromatic nitrogens is 1. The first kappa shape index (κ1) is 12.4. The van der Waals surface area contributed by atoms with Gasteiger partial charge < -0.3 is 15.2 Å². The van der Waals surface area contributed by atoms with E-state index in [9.17, 15) is 0 Å². The maximum absolute atomic E-state index is 5.68. The predicted octanol–water partition coefficient (Wildman–Crippen LogP) is 2.60. The molecule has 0 saturated heterocycles. The van der Waals surface area contributed by atoms with Crippen LogP contribution in [0.3, 0.4) is 0 Å². The van der Waals surface area contributed by atoms with Crippen molar-refractivity contribution < 1.29 is 9.47 Å². The molecule has 2 N–H and O–H groups in total. The lowest BCUT2D eigenvalue weighted by molar-refractivity contribution is 0.171. The topological polar surface area (TPSA) is 57.4 Å². The van der Waals surface area contributed by atoms with E-state index in [0.29, 0.717) is 19.8 Å². The van der Waals surface area contributed by atoms with E-state index in [-0.39, 0.29) is 0 Å². The smallest absolute Gasteiger partial charge is 0.162 e. The SMILES string of the molecule is CCc1sc(CN)nc1-c1ccc2c(c1)OCCO2. The second-order valence-corrected chi connectivity index (χ2v) is 5.46. The van der Waals surface area contributed by atoms with Gasteiger partial charge in [-0.05, 0) is 24.6 Å². The summed E-state index contributed by atoms with van der Waals surface area (Å²) in [6, 6.07) is 5.98. The maximum atomic E-state index is 5.68. The number of benzene rings is 1. The molecule has 0 atom stereocenters. The van der Waals surface area contributed by atoms with E-state index >= 15 is 0 Å². The van der Waals surface area contributed by atoms with Crippen molar-refractivity contribution >= 4 is 11.3 Å².